The summed E-state index contributed by atoms with van der Waals surface area (Å²) in [6.07, 6.45) is 1.39. The average Bonchev–Trinajstić information content (AvgIpc) is 2.80. The lowest BCUT2D eigenvalue weighted by atomic mass is 10.1. The smallest absolute Gasteiger partial charge is 0.252 e. The SMILES string of the molecule is CC(C(=O)NN=Cc1cc(Cl)ccc1OCc1ccc(Cl)cc1Cl)C(=O)Nc1ccccc1Br. The predicted octanol–water partition coefficient (Wildman–Crippen LogP) is 6.71. The van der Waals surface area contributed by atoms with E-state index in [0.29, 0.717) is 36.5 Å². The van der Waals surface area contributed by atoms with Gasteiger partial charge < -0.3 is 10.1 Å². The van der Waals surface area contributed by atoms with Crippen LogP contribution in [-0.2, 0) is 16.2 Å². The first-order valence-electron chi connectivity index (χ1n) is 9.99. The van der Waals surface area contributed by atoms with Crippen molar-refractivity contribution in [2.45, 2.75) is 13.5 Å². The molecule has 0 heterocycles. The molecule has 3 aromatic rings. The number of carbonyl (C=O) groups excluding carboxylic acids is 2. The third-order valence-electron chi connectivity index (χ3n) is 4.67. The molecule has 0 aliphatic heterocycles. The summed E-state index contributed by atoms with van der Waals surface area (Å²) in [6.45, 7) is 1.68. The fourth-order valence-corrected chi connectivity index (χ4v) is 3.76. The summed E-state index contributed by atoms with van der Waals surface area (Å²) >= 11 is 21.6. The van der Waals surface area contributed by atoms with Gasteiger partial charge >= 0.3 is 0 Å². The Morgan fingerprint density at radius 2 is 1.74 bits per heavy atom. The van der Waals surface area contributed by atoms with Crippen LogP contribution in [0.3, 0.4) is 0 Å². The number of nitrogens with one attached hydrogen (secondary N) is 2. The van der Waals surface area contributed by atoms with E-state index in [1.165, 1.54) is 13.1 Å². The van der Waals surface area contributed by atoms with E-state index in [-0.39, 0.29) is 6.61 Å². The number of halogens is 4. The molecule has 2 amide bonds. The van der Waals surface area contributed by atoms with E-state index in [9.17, 15) is 9.59 Å². The molecule has 0 aliphatic carbocycles. The van der Waals surface area contributed by atoms with Gasteiger partial charge in [0.15, 0.2) is 0 Å². The van der Waals surface area contributed by atoms with Crippen molar-refractivity contribution in [2.75, 3.05) is 5.32 Å². The van der Waals surface area contributed by atoms with Crippen LogP contribution in [0.25, 0.3) is 0 Å². The third kappa shape index (κ3) is 7.21. The Labute approximate surface area is 220 Å². The first-order valence-corrected chi connectivity index (χ1v) is 11.9. The number of hydrazone groups is 1. The number of para-hydroxylation sites is 1. The maximum Gasteiger partial charge on any atom is 0.252 e. The van der Waals surface area contributed by atoms with Crippen LogP contribution < -0.4 is 15.5 Å². The maximum atomic E-state index is 12.4. The topological polar surface area (TPSA) is 79.8 Å². The van der Waals surface area contributed by atoms with Gasteiger partial charge in [-0.3, -0.25) is 9.59 Å². The summed E-state index contributed by atoms with van der Waals surface area (Å²) in [5, 5.41) is 8.14. The Morgan fingerprint density at radius 3 is 2.47 bits per heavy atom. The van der Waals surface area contributed by atoms with Crippen molar-refractivity contribution in [2.24, 2.45) is 11.0 Å². The van der Waals surface area contributed by atoms with Gasteiger partial charge in [-0.1, -0.05) is 53.0 Å². The number of rotatable bonds is 8. The molecule has 0 saturated heterocycles. The van der Waals surface area contributed by atoms with Crippen molar-refractivity contribution < 1.29 is 14.3 Å². The molecule has 0 saturated carbocycles. The summed E-state index contributed by atoms with van der Waals surface area (Å²) in [5.41, 5.74) is 4.22. The van der Waals surface area contributed by atoms with Crippen LogP contribution in [0, 0.1) is 5.92 Å². The lowest BCUT2D eigenvalue weighted by Gasteiger charge is -2.12. The normalized spacial score (nSPS) is 11.8. The van der Waals surface area contributed by atoms with Gasteiger partial charge in [-0.15, -0.1) is 0 Å². The lowest BCUT2D eigenvalue weighted by molar-refractivity contribution is -0.131. The van der Waals surface area contributed by atoms with E-state index < -0.39 is 17.7 Å². The Hall–Kier alpha value is -2.58. The zero-order chi connectivity index (χ0) is 24.7. The molecule has 0 radical (unpaired) electrons. The zero-order valence-corrected chi connectivity index (χ0v) is 21.7. The van der Waals surface area contributed by atoms with Gasteiger partial charge in [-0.05, 0) is 65.3 Å². The van der Waals surface area contributed by atoms with Gasteiger partial charge in [0.05, 0.1) is 11.9 Å². The summed E-state index contributed by atoms with van der Waals surface area (Å²) in [4.78, 5) is 24.8. The summed E-state index contributed by atoms with van der Waals surface area (Å²) in [7, 11) is 0. The molecule has 2 N–H and O–H groups in total. The van der Waals surface area contributed by atoms with Crippen molar-refractivity contribution in [3.8, 4) is 5.75 Å². The molecule has 0 spiro atoms. The van der Waals surface area contributed by atoms with Gasteiger partial charge in [-0.25, -0.2) is 5.43 Å². The molecular weight excluding hydrogens is 565 g/mol. The van der Waals surface area contributed by atoms with Gasteiger partial charge in [0.2, 0.25) is 5.91 Å². The molecule has 1 unspecified atom stereocenters. The van der Waals surface area contributed by atoms with Crippen LogP contribution in [0.2, 0.25) is 15.1 Å². The second kappa shape index (κ2) is 12.2. The number of hydrogen-bond donors (Lipinski definition) is 2. The molecule has 0 aliphatic rings. The van der Waals surface area contributed by atoms with Gasteiger partial charge in [0.25, 0.3) is 5.91 Å². The monoisotopic (exact) mass is 581 g/mol. The van der Waals surface area contributed by atoms with Crippen molar-refractivity contribution in [3.05, 3.63) is 91.3 Å². The van der Waals surface area contributed by atoms with Crippen LogP contribution >= 0.6 is 50.7 Å². The minimum Gasteiger partial charge on any atom is -0.488 e. The number of nitrogens with zero attached hydrogens (tertiary/aromatic N) is 1. The summed E-state index contributed by atoms with van der Waals surface area (Å²) < 4.78 is 6.57. The van der Waals surface area contributed by atoms with Crippen LogP contribution in [0.1, 0.15) is 18.1 Å². The first-order chi connectivity index (χ1) is 16.2. The highest BCUT2D eigenvalue weighted by Crippen LogP contribution is 2.26. The fourth-order valence-electron chi connectivity index (χ4n) is 2.73. The first kappa shape index (κ1) is 26.0. The molecule has 3 rings (SSSR count). The van der Waals surface area contributed by atoms with E-state index in [1.54, 1.807) is 54.6 Å². The molecule has 3 aromatic carbocycles. The second-order valence-corrected chi connectivity index (χ2v) is 9.27. The van der Waals surface area contributed by atoms with Crippen LogP contribution in [0.5, 0.6) is 5.75 Å². The van der Waals surface area contributed by atoms with E-state index in [0.717, 1.165) is 5.56 Å². The standard InChI is InChI=1S/C24H19BrCl3N3O3/c1-14(23(32)30-21-5-3-2-4-19(21)25)24(33)31-29-12-16-10-17(26)8-9-22(16)34-13-15-6-7-18(27)11-20(15)28/h2-12,14H,13H2,1H3,(H,30,32)(H,31,33). The van der Waals surface area contributed by atoms with Crippen molar-refractivity contribution in [3.63, 3.8) is 0 Å². The fraction of sp³-hybridized carbons (Fsp3) is 0.125. The Bertz CT molecular complexity index is 1240. The number of amides is 2. The second-order valence-electron chi connectivity index (χ2n) is 7.13. The van der Waals surface area contributed by atoms with E-state index >= 15 is 0 Å². The van der Waals surface area contributed by atoms with E-state index in [2.05, 4.69) is 31.8 Å². The zero-order valence-electron chi connectivity index (χ0n) is 17.8. The molecule has 0 bridgehead atoms. The molecule has 1 atom stereocenters. The largest absolute Gasteiger partial charge is 0.488 e. The van der Waals surface area contributed by atoms with E-state index in [4.69, 9.17) is 39.5 Å². The lowest BCUT2D eigenvalue weighted by Crippen LogP contribution is -2.34. The van der Waals surface area contributed by atoms with Crippen molar-refractivity contribution >= 4 is 74.4 Å². The number of anilines is 1. The highest BCUT2D eigenvalue weighted by Gasteiger charge is 2.21. The van der Waals surface area contributed by atoms with Crippen molar-refractivity contribution in [1.82, 2.24) is 5.43 Å². The van der Waals surface area contributed by atoms with Gasteiger partial charge in [0, 0.05) is 30.7 Å². The highest BCUT2D eigenvalue weighted by atomic mass is 79.9. The molecule has 176 valence electrons. The molecule has 0 aromatic heterocycles. The maximum absolute atomic E-state index is 12.4. The number of benzene rings is 3. The number of carbonyl (C=O) groups is 2. The number of ether oxygens (including phenoxy) is 1. The van der Waals surface area contributed by atoms with Gasteiger partial charge in [0.1, 0.15) is 18.3 Å². The van der Waals surface area contributed by atoms with Gasteiger partial charge in [-0.2, -0.15) is 5.10 Å². The number of hydrogen-bond acceptors (Lipinski definition) is 4. The van der Waals surface area contributed by atoms with Crippen LogP contribution in [-0.4, -0.2) is 18.0 Å². The summed E-state index contributed by atoms with van der Waals surface area (Å²) in [5.74, 6) is -1.54. The Morgan fingerprint density at radius 1 is 1.03 bits per heavy atom. The van der Waals surface area contributed by atoms with Crippen LogP contribution in [0.4, 0.5) is 5.69 Å². The molecular formula is C24H19BrCl3N3O3. The third-order valence-corrected chi connectivity index (χ3v) is 6.18. The minimum absolute atomic E-state index is 0.192. The molecule has 6 nitrogen and oxygen atoms in total. The Balaban J connectivity index is 1.63. The van der Waals surface area contributed by atoms with Crippen molar-refractivity contribution in [1.29, 1.82) is 0 Å². The molecule has 34 heavy (non-hydrogen) atoms. The predicted molar refractivity (Wildman–Crippen MR) is 140 cm³/mol. The molecule has 0 fully saturated rings. The average molecular weight is 584 g/mol. The molecule has 10 heteroatoms. The highest BCUT2D eigenvalue weighted by molar-refractivity contribution is 9.10. The quantitative estimate of drug-likeness (QED) is 0.176. The Kier molecular flexibility index (Phi) is 9.36. The van der Waals surface area contributed by atoms with Crippen LogP contribution in [0.15, 0.2) is 70.2 Å². The van der Waals surface area contributed by atoms with E-state index in [1.807, 2.05) is 6.07 Å². The minimum atomic E-state index is -0.980. The summed E-state index contributed by atoms with van der Waals surface area (Å²) in [6, 6.07) is 17.2.